The van der Waals surface area contributed by atoms with E-state index in [0.29, 0.717) is 0 Å². The molecule has 9 aromatic carbocycles. The van der Waals surface area contributed by atoms with Crippen LogP contribution in [0.15, 0.2) is 218 Å². The minimum absolute atomic E-state index is 0.459. The van der Waals surface area contributed by atoms with Crippen LogP contribution in [0.2, 0.25) is 0 Å². The zero-order valence-electron chi connectivity index (χ0n) is 31.6. The number of nitrogens with zero attached hydrogens (tertiary/aromatic N) is 2. The molecule has 0 N–H and O–H groups in total. The molecule has 0 radical (unpaired) electrons. The van der Waals surface area contributed by atoms with Crippen LogP contribution in [-0.2, 0) is 5.41 Å². The topological polar surface area (TPSA) is 8.17 Å². The smallest absolute Gasteiger partial charge is 0.0713 e. The van der Waals surface area contributed by atoms with Gasteiger partial charge in [-0.15, -0.1) is 11.3 Å². The quantitative estimate of drug-likeness (QED) is 0.164. The van der Waals surface area contributed by atoms with Gasteiger partial charge in [0.25, 0.3) is 0 Å². The van der Waals surface area contributed by atoms with Gasteiger partial charge in [0, 0.05) is 43.3 Å². The molecule has 3 heteroatoms. The number of rotatable bonds is 6. The number of hydrogen-bond donors (Lipinski definition) is 0. The Bertz CT molecular complexity index is 3260. The van der Waals surface area contributed by atoms with Crippen LogP contribution in [0.3, 0.4) is 0 Å². The second kappa shape index (κ2) is 12.9. The molecule has 58 heavy (non-hydrogen) atoms. The molecule has 0 spiro atoms. The van der Waals surface area contributed by atoms with Gasteiger partial charge in [-0.2, -0.15) is 0 Å². The van der Waals surface area contributed by atoms with Gasteiger partial charge in [0.15, 0.2) is 0 Å². The van der Waals surface area contributed by atoms with E-state index >= 15 is 0 Å². The number of thiophene rings is 1. The van der Waals surface area contributed by atoms with Crippen molar-refractivity contribution in [2.75, 3.05) is 4.90 Å². The Hall–Kier alpha value is -7.20. The van der Waals surface area contributed by atoms with Gasteiger partial charge < -0.3 is 9.47 Å². The van der Waals surface area contributed by atoms with Crippen molar-refractivity contribution in [2.24, 2.45) is 0 Å². The summed E-state index contributed by atoms with van der Waals surface area (Å²) < 4.78 is 4.98. The van der Waals surface area contributed by atoms with E-state index in [0.717, 1.165) is 17.1 Å². The lowest BCUT2D eigenvalue weighted by Gasteiger charge is -2.34. The van der Waals surface area contributed by atoms with E-state index in [1.807, 2.05) is 11.3 Å². The minimum Gasteiger partial charge on any atom is -0.309 e. The van der Waals surface area contributed by atoms with E-state index in [9.17, 15) is 0 Å². The van der Waals surface area contributed by atoms with Crippen LogP contribution in [0.4, 0.5) is 17.1 Å². The van der Waals surface area contributed by atoms with E-state index in [-0.39, 0.29) is 0 Å². The summed E-state index contributed by atoms with van der Waals surface area (Å²) in [5.41, 5.74) is 14.1. The molecule has 0 aliphatic heterocycles. The van der Waals surface area contributed by atoms with Crippen LogP contribution in [0, 0.1) is 0 Å². The maximum Gasteiger partial charge on any atom is 0.0713 e. The Morgan fingerprint density at radius 2 is 0.966 bits per heavy atom. The fourth-order valence-electron chi connectivity index (χ4n) is 9.88. The maximum absolute atomic E-state index is 2.49. The molecule has 0 fully saturated rings. The van der Waals surface area contributed by atoms with Gasteiger partial charge in [0.05, 0.1) is 26.8 Å². The minimum atomic E-state index is -0.459. The van der Waals surface area contributed by atoms with Gasteiger partial charge in [-0.25, -0.2) is 0 Å². The van der Waals surface area contributed by atoms with Crippen molar-refractivity contribution >= 4 is 70.4 Å². The highest BCUT2D eigenvalue weighted by Crippen LogP contribution is 2.57. The number of para-hydroxylation sites is 2. The molecule has 0 amide bonds. The first-order valence-corrected chi connectivity index (χ1v) is 20.8. The molecular weight excluding hydrogens is 721 g/mol. The monoisotopic (exact) mass is 756 g/mol. The molecule has 2 aromatic heterocycles. The lowest BCUT2D eigenvalue weighted by Crippen LogP contribution is -2.28. The van der Waals surface area contributed by atoms with Crippen molar-refractivity contribution in [3.05, 3.63) is 241 Å². The molecule has 2 heterocycles. The summed E-state index contributed by atoms with van der Waals surface area (Å²) in [4.78, 5) is 2.49. The van der Waals surface area contributed by atoms with Crippen molar-refractivity contribution in [3.8, 4) is 16.8 Å². The molecule has 0 atom stereocenters. The van der Waals surface area contributed by atoms with Crippen molar-refractivity contribution in [1.29, 1.82) is 0 Å². The van der Waals surface area contributed by atoms with Crippen LogP contribution in [0.25, 0.3) is 58.8 Å². The van der Waals surface area contributed by atoms with Gasteiger partial charge in [0.2, 0.25) is 0 Å². The van der Waals surface area contributed by atoms with Crippen LogP contribution in [0.5, 0.6) is 0 Å². The lowest BCUT2D eigenvalue weighted by atomic mass is 9.68. The van der Waals surface area contributed by atoms with Gasteiger partial charge in [0.1, 0.15) is 0 Å². The fourth-order valence-corrected chi connectivity index (χ4v) is 11.1. The first kappa shape index (κ1) is 33.0. The van der Waals surface area contributed by atoms with Gasteiger partial charge in [-0.1, -0.05) is 164 Å². The molecule has 12 rings (SSSR count). The Morgan fingerprint density at radius 1 is 0.397 bits per heavy atom. The summed E-state index contributed by atoms with van der Waals surface area (Å²) in [6.07, 6.45) is 0. The van der Waals surface area contributed by atoms with Crippen molar-refractivity contribution in [2.45, 2.75) is 5.41 Å². The molecule has 2 nitrogen and oxygen atoms in total. The molecule has 0 saturated carbocycles. The highest BCUT2D eigenvalue weighted by atomic mass is 32.1. The molecule has 0 saturated heterocycles. The van der Waals surface area contributed by atoms with Gasteiger partial charge >= 0.3 is 0 Å². The summed E-state index contributed by atoms with van der Waals surface area (Å²) >= 11 is 1.87. The lowest BCUT2D eigenvalue weighted by molar-refractivity contribution is 0.768. The second-order valence-corrected chi connectivity index (χ2v) is 16.3. The Morgan fingerprint density at radius 3 is 1.71 bits per heavy atom. The van der Waals surface area contributed by atoms with E-state index in [2.05, 4.69) is 228 Å². The molecule has 0 bridgehead atoms. The average molecular weight is 757 g/mol. The van der Waals surface area contributed by atoms with Crippen LogP contribution < -0.4 is 4.90 Å². The zero-order valence-corrected chi connectivity index (χ0v) is 32.4. The van der Waals surface area contributed by atoms with E-state index in [4.69, 9.17) is 0 Å². The molecule has 1 aliphatic carbocycles. The predicted octanol–water partition coefficient (Wildman–Crippen LogP) is 15.0. The number of anilines is 3. The maximum atomic E-state index is 2.49. The van der Waals surface area contributed by atoms with Crippen LogP contribution >= 0.6 is 11.3 Å². The predicted molar refractivity (Wildman–Crippen MR) is 246 cm³/mol. The molecule has 1 aliphatic rings. The van der Waals surface area contributed by atoms with Crippen molar-refractivity contribution in [1.82, 2.24) is 4.57 Å². The molecule has 272 valence electrons. The normalized spacial score (nSPS) is 13.0. The second-order valence-electron chi connectivity index (χ2n) is 15.2. The largest absolute Gasteiger partial charge is 0.309 e. The summed E-state index contributed by atoms with van der Waals surface area (Å²) in [6, 6.07) is 80.5. The third-order valence-electron chi connectivity index (χ3n) is 12.3. The van der Waals surface area contributed by atoms with E-state index in [1.54, 1.807) is 0 Å². The summed E-state index contributed by atoms with van der Waals surface area (Å²) in [6.45, 7) is 0. The fraction of sp³-hybridized carbons (Fsp3) is 0.0182. The average Bonchev–Trinajstić information content (AvgIpc) is 3.94. The number of aromatic nitrogens is 1. The highest BCUT2D eigenvalue weighted by Gasteiger charge is 2.46. The summed E-state index contributed by atoms with van der Waals surface area (Å²) in [7, 11) is 0. The van der Waals surface area contributed by atoms with Crippen molar-refractivity contribution < 1.29 is 0 Å². The van der Waals surface area contributed by atoms with Crippen LogP contribution in [0.1, 0.15) is 22.3 Å². The Labute approximate surface area is 341 Å². The number of benzene rings is 9. The molecule has 0 unspecified atom stereocenters. The summed E-state index contributed by atoms with van der Waals surface area (Å²) in [5.74, 6) is 0. The van der Waals surface area contributed by atoms with Crippen molar-refractivity contribution in [3.63, 3.8) is 0 Å². The van der Waals surface area contributed by atoms with Crippen LogP contribution in [-0.4, -0.2) is 4.57 Å². The SMILES string of the molecule is c1ccc(C2(c3ccccc3)c3ccccc3-c3cc(N(c4cccc(-n5c6ccccc6c6ccccc65)c4)c4cccc5c4sc4ccccc45)ccc32)cc1. The Balaban J connectivity index is 1.13. The first-order chi connectivity index (χ1) is 28.8. The van der Waals surface area contributed by atoms with Gasteiger partial charge in [-0.05, 0) is 88.0 Å². The zero-order chi connectivity index (χ0) is 38.2. The third kappa shape index (κ3) is 4.71. The Kier molecular flexibility index (Phi) is 7.35. The summed E-state index contributed by atoms with van der Waals surface area (Å²) in [5, 5.41) is 5.09. The van der Waals surface area contributed by atoms with E-state index in [1.165, 1.54) is 81.0 Å². The highest BCUT2D eigenvalue weighted by molar-refractivity contribution is 7.26. The first-order valence-electron chi connectivity index (χ1n) is 19.9. The van der Waals surface area contributed by atoms with E-state index < -0.39 is 5.41 Å². The molecular formula is C55H36N2S. The third-order valence-corrected chi connectivity index (χ3v) is 13.5. The number of hydrogen-bond acceptors (Lipinski definition) is 2. The standard InChI is InChI=1S/C55H36N2S/c1-3-17-37(18-4-1)55(38-19-5-2-6-20-38)48-28-11-7-23-42(48)47-36-41(33-34-49(47)55)56(52-31-16-27-46-45-26-10-14-32-53(45)58-54(46)52)39-21-15-22-40(35-39)57-50-29-12-8-24-43(50)44-25-9-13-30-51(44)57/h1-36H. The number of fused-ring (bicyclic) bond motifs is 9. The van der Waals surface area contributed by atoms with Gasteiger partial charge in [-0.3, -0.25) is 0 Å². The molecule has 11 aromatic rings.